The van der Waals surface area contributed by atoms with Gasteiger partial charge in [0.25, 0.3) is 0 Å². The number of rotatable bonds is 7. The largest absolute Gasteiger partial charge is 0.301 e. The number of hydrogen-bond acceptors (Lipinski definition) is 6. The van der Waals surface area contributed by atoms with Gasteiger partial charge in [-0.1, -0.05) is 37.3 Å². The lowest BCUT2D eigenvalue weighted by Gasteiger charge is -2.00. The van der Waals surface area contributed by atoms with E-state index in [9.17, 15) is 4.79 Å². The van der Waals surface area contributed by atoms with Crippen LogP contribution >= 0.6 is 22.7 Å². The van der Waals surface area contributed by atoms with Crippen LogP contribution in [0.15, 0.2) is 24.3 Å². The van der Waals surface area contributed by atoms with Gasteiger partial charge in [0.05, 0.1) is 15.2 Å². The molecule has 2 aromatic heterocycles. The van der Waals surface area contributed by atoms with Crippen molar-refractivity contribution in [3.8, 4) is 0 Å². The van der Waals surface area contributed by atoms with Gasteiger partial charge in [-0.2, -0.15) is 0 Å². The summed E-state index contributed by atoms with van der Waals surface area (Å²) < 4.78 is 1.22. The number of hydrogen-bond donors (Lipinski definition) is 1. The molecule has 0 fully saturated rings. The molecule has 0 atom stereocenters. The molecule has 0 radical (unpaired) electrons. The molecular weight excluding hydrogens is 340 g/mol. The summed E-state index contributed by atoms with van der Waals surface area (Å²) in [5.74, 6) is 0.340. The number of thiazole rings is 1. The fourth-order valence-electron chi connectivity index (χ4n) is 2.29. The van der Waals surface area contributed by atoms with Gasteiger partial charge in [-0.3, -0.25) is 4.79 Å². The molecule has 0 spiro atoms. The van der Waals surface area contributed by atoms with Crippen LogP contribution in [-0.2, 0) is 11.2 Å². The molecule has 1 aromatic carbocycles. The fraction of sp³-hybridized carbons (Fsp3) is 0.412. The predicted molar refractivity (Wildman–Crippen MR) is 99.8 cm³/mol. The highest BCUT2D eigenvalue weighted by molar-refractivity contribution is 7.18. The summed E-state index contributed by atoms with van der Waals surface area (Å²) in [4.78, 5) is 16.6. The number of aryl methyl sites for hydroxylation is 1. The lowest BCUT2D eigenvalue weighted by Crippen LogP contribution is -2.10. The first-order valence-electron chi connectivity index (χ1n) is 8.09. The highest BCUT2D eigenvalue weighted by Crippen LogP contribution is 2.24. The smallest absolute Gasteiger partial charge is 0.226 e. The third-order valence-electron chi connectivity index (χ3n) is 3.56. The number of fused-ring (bicyclic) bond motifs is 1. The summed E-state index contributed by atoms with van der Waals surface area (Å²) in [6.07, 6.45) is 3.22. The number of nitrogens with one attached hydrogen (secondary N) is 1. The number of nitrogens with zero attached hydrogens (tertiary/aromatic N) is 3. The summed E-state index contributed by atoms with van der Waals surface area (Å²) in [7, 11) is 0. The van der Waals surface area contributed by atoms with Gasteiger partial charge in [-0.05, 0) is 31.4 Å². The minimum Gasteiger partial charge on any atom is -0.301 e. The quantitative estimate of drug-likeness (QED) is 0.624. The van der Waals surface area contributed by atoms with Crippen molar-refractivity contribution in [2.75, 3.05) is 5.32 Å². The molecule has 0 saturated heterocycles. The second-order valence-corrected chi connectivity index (χ2v) is 8.06. The van der Waals surface area contributed by atoms with E-state index in [-0.39, 0.29) is 5.91 Å². The van der Waals surface area contributed by atoms with Gasteiger partial charge in [0.2, 0.25) is 11.0 Å². The molecular formula is C17H20N4OS2. The molecule has 3 aromatic rings. The predicted octanol–water partition coefficient (Wildman–Crippen LogP) is 4.62. The van der Waals surface area contributed by atoms with Gasteiger partial charge >= 0.3 is 0 Å². The average molecular weight is 361 g/mol. The van der Waals surface area contributed by atoms with Crippen LogP contribution in [0.25, 0.3) is 10.2 Å². The van der Waals surface area contributed by atoms with E-state index in [1.54, 1.807) is 11.3 Å². The molecule has 0 aliphatic rings. The molecule has 7 heteroatoms. The van der Waals surface area contributed by atoms with Gasteiger partial charge in [-0.25, -0.2) is 4.98 Å². The second-order valence-electron chi connectivity index (χ2n) is 5.93. The molecule has 0 aliphatic carbocycles. The Morgan fingerprint density at radius 3 is 2.75 bits per heavy atom. The first-order chi connectivity index (χ1) is 11.6. The molecule has 1 N–H and O–H groups in total. The van der Waals surface area contributed by atoms with E-state index >= 15 is 0 Å². The van der Waals surface area contributed by atoms with Crippen LogP contribution in [-0.4, -0.2) is 21.1 Å². The summed E-state index contributed by atoms with van der Waals surface area (Å²) in [6.45, 7) is 4.13. The van der Waals surface area contributed by atoms with Crippen LogP contribution in [0.5, 0.6) is 0 Å². The Labute approximate surface area is 149 Å². The van der Waals surface area contributed by atoms with Crippen molar-refractivity contribution >= 4 is 43.9 Å². The zero-order chi connectivity index (χ0) is 16.9. The van der Waals surface area contributed by atoms with E-state index in [0.717, 1.165) is 34.8 Å². The van der Waals surface area contributed by atoms with E-state index < -0.39 is 0 Å². The first-order valence-corrected chi connectivity index (χ1v) is 9.73. The Morgan fingerprint density at radius 1 is 1.17 bits per heavy atom. The Hall–Kier alpha value is -1.86. The average Bonchev–Trinajstić information content (AvgIpc) is 3.17. The molecule has 3 rings (SSSR count). The molecule has 0 aliphatic heterocycles. The Morgan fingerprint density at radius 2 is 2.00 bits per heavy atom. The number of unbranched alkanes of at least 4 members (excludes halogenated alkanes) is 1. The van der Waals surface area contributed by atoms with Crippen molar-refractivity contribution in [3.05, 3.63) is 34.3 Å². The molecule has 2 heterocycles. The standard InChI is InChI=1S/C17H20N4OS2/c1-11(2)16-20-21-17(24-16)19-14(22)9-5-6-10-15-18-12-7-3-4-8-13(12)23-15/h3-4,7-8,11H,5-6,9-10H2,1-2H3,(H,19,21,22). The molecule has 1 amide bonds. The maximum Gasteiger partial charge on any atom is 0.226 e. The van der Waals surface area contributed by atoms with Crippen LogP contribution < -0.4 is 5.32 Å². The van der Waals surface area contributed by atoms with Gasteiger partial charge < -0.3 is 5.32 Å². The lowest BCUT2D eigenvalue weighted by atomic mass is 10.2. The SMILES string of the molecule is CC(C)c1nnc(NC(=O)CCCCc2nc3ccccc3s2)s1. The summed E-state index contributed by atoms with van der Waals surface area (Å²) in [6, 6.07) is 8.18. The molecule has 0 unspecified atom stereocenters. The fourth-order valence-corrected chi connectivity index (χ4v) is 4.06. The Kier molecular flexibility index (Phi) is 5.52. The summed E-state index contributed by atoms with van der Waals surface area (Å²) in [5.41, 5.74) is 1.06. The van der Waals surface area contributed by atoms with Crippen molar-refractivity contribution in [1.82, 2.24) is 15.2 Å². The Bertz CT molecular complexity index is 792. The topological polar surface area (TPSA) is 67.8 Å². The maximum atomic E-state index is 12.0. The van der Waals surface area contributed by atoms with Crippen molar-refractivity contribution in [2.45, 2.75) is 45.4 Å². The van der Waals surface area contributed by atoms with E-state index in [0.29, 0.717) is 17.5 Å². The van der Waals surface area contributed by atoms with Gasteiger partial charge in [0.1, 0.15) is 5.01 Å². The lowest BCUT2D eigenvalue weighted by molar-refractivity contribution is -0.116. The van der Waals surface area contributed by atoms with Crippen molar-refractivity contribution in [3.63, 3.8) is 0 Å². The highest BCUT2D eigenvalue weighted by Gasteiger charge is 2.10. The zero-order valence-corrected chi connectivity index (χ0v) is 15.4. The summed E-state index contributed by atoms with van der Waals surface area (Å²) >= 11 is 3.18. The number of carbonyl (C=O) groups excluding carboxylic acids is 1. The van der Waals surface area contributed by atoms with E-state index in [1.165, 1.54) is 16.0 Å². The third kappa shape index (κ3) is 4.36. The van der Waals surface area contributed by atoms with Crippen LogP contribution in [0, 0.1) is 0 Å². The molecule has 126 valence electrons. The van der Waals surface area contributed by atoms with Crippen LogP contribution in [0.4, 0.5) is 5.13 Å². The minimum absolute atomic E-state index is 0.00533. The van der Waals surface area contributed by atoms with Crippen molar-refractivity contribution in [1.29, 1.82) is 0 Å². The Balaban J connectivity index is 1.41. The number of aromatic nitrogens is 3. The molecule has 5 nitrogen and oxygen atoms in total. The van der Waals surface area contributed by atoms with Crippen LogP contribution in [0.2, 0.25) is 0 Å². The van der Waals surface area contributed by atoms with Gasteiger partial charge in [0, 0.05) is 12.3 Å². The normalized spacial score (nSPS) is 11.3. The monoisotopic (exact) mass is 360 g/mol. The van der Waals surface area contributed by atoms with Crippen LogP contribution in [0.3, 0.4) is 0 Å². The number of benzene rings is 1. The molecule has 0 saturated carbocycles. The minimum atomic E-state index is 0.00533. The van der Waals surface area contributed by atoms with E-state index in [4.69, 9.17) is 0 Å². The van der Waals surface area contributed by atoms with Gasteiger partial charge in [-0.15, -0.1) is 21.5 Å². The van der Waals surface area contributed by atoms with Crippen molar-refractivity contribution in [2.24, 2.45) is 0 Å². The number of anilines is 1. The number of para-hydroxylation sites is 1. The van der Waals surface area contributed by atoms with Crippen LogP contribution in [0.1, 0.15) is 49.0 Å². The second kappa shape index (κ2) is 7.81. The van der Waals surface area contributed by atoms with E-state index in [1.807, 2.05) is 18.2 Å². The van der Waals surface area contributed by atoms with Crippen molar-refractivity contribution < 1.29 is 4.79 Å². The molecule has 0 bridgehead atoms. The maximum absolute atomic E-state index is 12.0. The summed E-state index contributed by atoms with van der Waals surface area (Å²) in [5, 5.41) is 13.6. The highest BCUT2D eigenvalue weighted by atomic mass is 32.1. The zero-order valence-electron chi connectivity index (χ0n) is 13.8. The van der Waals surface area contributed by atoms with E-state index in [2.05, 4.69) is 40.4 Å². The number of amides is 1. The first kappa shape index (κ1) is 17.0. The number of carbonyl (C=O) groups is 1. The third-order valence-corrected chi connectivity index (χ3v) is 5.80. The molecule has 24 heavy (non-hydrogen) atoms. The van der Waals surface area contributed by atoms with Gasteiger partial charge in [0.15, 0.2) is 0 Å².